The molecule has 0 unspecified atom stereocenters. The SMILES string of the molecule is NCc1cc(Br)nc(C(=O)O)c1C(F)F. The Morgan fingerprint density at radius 2 is 2.27 bits per heavy atom. The highest BCUT2D eigenvalue weighted by atomic mass is 79.9. The molecule has 0 aromatic carbocycles. The minimum Gasteiger partial charge on any atom is -0.476 e. The lowest BCUT2D eigenvalue weighted by molar-refractivity contribution is 0.0676. The van der Waals surface area contributed by atoms with Gasteiger partial charge in [-0.25, -0.2) is 18.6 Å². The molecule has 0 aliphatic carbocycles. The van der Waals surface area contributed by atoms with Crippen LogP contribution in [0.5, 0.6) is 0 Å². The number of nitrogens with zero attached hydrogens (tertiary/aromatic N) is 1. The summed E-state index contributed by atoms with van der Waals surface area (Å²) in [6.07, 6.45) is -2.91. The fourth-order valence-electron chi connectivity index (χ4n) is 1.15. The zero-order chi connectivity index (χ0) is 11.6. The van der Waals surface area contributed by atoms with E-state index < -0.39 is 23.7 Å². The second-order valence-corrected chi connectivity index (χ2v) is 3.49. The first kappa shape index (κ1) is 12.0. The number of halogens is 3. The van der Waals surface area contributed by atoms with Crippen molar-refractivity contribution in [1.82, 2.24) is 4.98 Å². The maximum absolute atomic E-state index is 12.6. The fraction of sp³-hybridized carbons (Fsp3) is 0.250. The summed E-state index contributed by atoms with van der Waals surface area (Å²) >= 11 is 2.93. The number of carboxylic acid groups (broad SMARTS) is 1. The van der Waals surface area contributed by atoms with Crippen molar-refractivity contribution in [2.45, 2.75) is 13.0 Å². The van der Waals surface area contributed by atoms with E-state index in [9.17, 15) is 13.6 Å². The van der Waals surface area contributed by atoms with Crippen molar-refractivity contribution < 1.29 is 18.7 Å². The van der Waals surface area contributed by atoms with E-state index in [0.29, 0.717) is 0 Å². The Balaban J connectivity index is 3.47. The molecule has 4 nitrogen and oxygen atoms in total. The van der Waals surface area contributed by atoms with Gasteiger partial charge >= 0.3 is 5.97 Å². The highest BCUT2D eigenvalue weighted by Crippen LogP contribution is 2.27. The summed E-state index contributed by atoms with van der Waals surface area (Å²) < 4.78 is 25.4. The Labute approximate surface area is 92.2 Å². The number of carbonyl (C=O) groups is 1. The third-order valence-corrected chi connectivity index (χ3v) is 2.16. The van der Waals surface area contributed by atoms with Gasteiger partial charge in [0.25, 0.3) is 6.43 Å². The van der Waals surface area contributed by atoms with Crippen molar-refractivity contribution in [2.24, 2.45) is 5.73 Å². The van der Waals surface area contributed by atoms with Crippen LogP contribution in [0.2, 0.25) is 0 Å². The third-order valence-electron chi connectivity index (χ3n) is 1.75. The zero-order valence-electron chi connectivity index (χ0n) is 7.38. The summed E-state index contributed by atoms with van der Waals surface area (Å²) in [7, 11) is 0. The van der Waals surface area contributed by atoms with Gasteiger partial charge in [0.05, 0.1) is 5.56 Å². The second kappa shape index (κ2) is 4.63. The van der Waals surface area contributed by atoms with Crippen LogP contribution in [-0.2, 0) is 6.54 Å². The van der Waals surface area contributed by atoms with Gasteiger partial charge in [0.15, 0.2) is 5.69 Å². The lowest BCUT2D eigenvalue weighted by atomic mass is 10.1. The first-order chi connectivity index (χ1) is 6.97. The zero-order valence-corrected chi connectivity index (χ0v) is 8.96. The highest BCUT2D eigenvalue weighted by molar-refractivity contribution is 9.10. The van der Waals surface area contributed by atoms with E-state index in [-0.39, 0.29) is 16.7 Å². The topological polar surface area (TPSA) is 76.2 Å². The molecule has 3 N–H and O–H groups in total. The van der Waals surface area contributed by atoms with Crippen LogP contribution in [0.25, 0.3) is 0 Å². The van der Waals surface area contributed by atoms with Crippen molar-refractivity contribution in [3.05, 3.63) is 27.5 Å². The van der Waals surface area contributed by atoms with Gasteiger partial charge in [-0.05, 0) is 27.6 Å². The Bertz CT molecular complexity index is 398. The van der Waals surface area contributed by atoms with Gasteiger partial charge in [0.1, 0.15) is 4.60 Å². The fourth-order valence-corrected chi connectivity index (χ4v) is 1.60. The maximum Gasteiger partial charge on any atom is 0.355 e. The molecule has 1 rings (SSSR count). The monoisotopic (exact) mass is 280 g/mol. The molecule has 0 aliphatic heterocycles. The Morgan fingerprint density at radius 3 is 2.67 bits per heavy atom. The Hall–Kier alpha value is -1.08. The number of rotatable bonds is 3. The average molecular weight is 281 g/mol. The molecule has 7 heteroatoms. The van der Waals surface area contributed by atoms with E-state index in [0.717, 1.165) is 0 Å². The van der Waals surface area contributed by atoms with Crippen LogP contribution in [0, 0.1) is 0 Å². The number of pyridine rings is 1. The first-order valence-electron chi connectivity index (χ1n) is 3.88. The number of nitrogens with two attached hydrogens (primary N) is 1. The van der Waals surface area contributed by atoms with Crippen LogP contribution in [-0.4, -0.2) is 16.1 Å². The average Bonchev–Trinajstić information content (AvgIpc) is 2.15. The van der Waals surface area contributed by atoms with Crippen molar-refractivity contribution in [3.8, 4) is 0 Å². The predicted octanol–water partition coefficient (Wildman–Crippen LogP) is 1.94. The number of carboxylic acids is 1. The molecule has 0 bridgehead atoms. The van der Waals surface area contributed by atoms with Crippen molar-refractivity contribution in [2.75, 3.05) is 0 Å². The smallest absolute Gasteiger partial charge is 0.355 e. The molecule has 1 aromatic rings. The molecule has 15 heavy (non-hydrogen) atoms. The van der Waals surface area contributed by atoms with Gasteiger partial charge in [-0.1, -0.05) is 0 Å². The van der Waals surface area contributed by atoms with E-state index in [1.54, 1.807) is 0 Å². The van der Waals surface area contributed by atoms with Crippen LogP contribution in [0.3, 0.4) is 0 Å². The largest absolute Gasteiger partial charge is 0.476 e. The number of hydrogen-bond donors (Lipinski definition) is 2. The molecular formula is C8H7BrF2N2O2. The summed E-state index contributed by atoms with van der Waals surface area (Å²) in [6.45, 7) is -0.166. The van der Waals surface area contributed by atoms with Gasteiger partial charge < -0.3 is 10.8 Å². The normalized spacial score (nSPS) is 10.7. The van der Waals surface area contributed by atoms with Gasteiger partial charge in [-0.3, -0.25) is 0 Å². The van der Waals surface area contributed by atoms with Crippen LogP contribution in [0.4, 0.5) is 8.78 Å². The lowest BCUT2D eigenvalue weighted by Gasteiger charge is -2.10. The molecule has 0 saturated heterocycles. The number of alkyl halides is 2. The summed E-state index contributed by atoms with van der Waals surface area (Å²) in [5.41, 5.74) is 4.04. The molecule has 82 valence electrons. The summed E-state index contributed by atoms with van der Waals surface area (Å²) in [5.74, 6) is -1.50. The minimum absolute atomic E-state index is 0.0734. The Morgan fingerprint density at radius 1 is 1.67 bits per heavy atom. The Kier molecular flexibility index (Phi) is 3.70. The van der Waals surface area contributed by atoms with Crippen LogP contribution < -0.4 is 5.73 Å². The van der Waals surface area contributed by atoms with Crippen molar-refractivity contribution in [1.29, 1.82) is 0 Å². The van der Waals surface area contributed by atoms with Gasteiger partial charge in [0.2, 0.25) is 0 Å². The molecule has 0 spiro atoms. The summed E-state index contributed by atoms with van der Waals surface area (Å²) in [4.78, 5) is 14.2. The molecule has 0 amide bonds. The first-order valence-corrected chi connectivity index (χ1v) is 4.67. The van der Waals surface area contributed by atoms with E-state index in [1.807, 2.05) is 0 Å². The second-order valence-electron chi connectivity index (χ2n) is 2.68. The maximum atomic E-state index is 12.6. The van der Waals surface area contributed by atoms with E-state index in [4.69, 9.17) is 10.8 Å². The minimum atomic E-state index is -2.91. The van der Waals surface area contributed by atoms with E-state index in [1.165, 1.54) is 6.07 Å². The van der Waals surface area contributed by atoms with Crippen LogP contribution >= 0.6 is 15.9 Å². The standard InChI is InChI=1S/C8H7BrF2N2O2/c9-4-1-3(2-12)5(7(10)11)6(13-4)8(14)15/h1,7H,2,12H2,(H,14,15). The highest BCUT2D eigenvalue weighted by Gasteiger charge is 2.23. The molecule has 0 saturated carbocycles. The molecule has 0 fully saturated rings. The number of aromatic carboxylic acids is 1. The van der Waals surface area contributed by atoms with Gasteiger partial charge in [0, 0.05) is 6.54 Å². The molecule has 0 atom stereocenters. The quantitative estimate of drug-likeness (QED) is 0.830. The van der Waals surface area contributed by atoms with Crippen LogP contribution in [0.15, 0.2) is 10.7 Å². The molecule has 1 heterocycles. The van der Waals surface area contributed by atoms with Crippen molar-refractivity contribution >= 4 is 21.9 Å². The third kappa shape index (κ3) is 2.48. The van der Waals surface area contributed by atoms with E-state index >= 15 is 0 Å². The van der Waals surface area contributed by atoms with Gasteiger partial charge in [-0.2, -0.15) is 0 Å². The lowest BCUT2D eigenvalue weighted by Crippen LogP contribution is -2.12. The summed E-state index contributed by atoms with van der Waals surface area (Å²) in [6, 6.07) is 1.29. The number of aromatic nitrogens is 1. The molecular weight excluding hydrogens is 274 g/mol. The van der Waals surface area contributed by atoms with E-state index in [2.05, 4.69) is 20.9 Å². The van der Waals surface area contributed by atoms with Gasteiger partial charge in [-0.15, -0.1) is 0 Å². The molecule has 1 aromatic heterocycles. The molecule has 0 aliphatic rings. The molecule has 0 radical (unpaired) electrons. The predicted molar refractivity (Wildman–Crippen MR) is 51.7 cm³/mol. The number of hydrogen-bond acceptors (Lipinski definition) is 3. The van der Waals surface area contributed by atoms with Crippen LogP contribution in [0.1, 0.15) is 28.0 Å². The van der Waals surface area contributed by atoms with Crippen molar-refractivity contribution in [3.63, 3.8) is 0 Å². The summed E-state index contributed by atoms with van der Waals surface area (Å²) in [5, 5.41) is 8.70.